The van der Waals surface area contributed by atoms with Crippen LogP contribution in [0.4, 0.5) is 5.69 Å². The van der Waals surface area contributed by atoms with Gasteiger partial charge in [-0.25, -0.2) is 4.98 Å². The first-order valence-corrected chi connectivity index (χ1v) is 8.31. The highest BCUT2D eigenvalue weighted by Crippen LogP contribution is 2.14. The lowest BCUT2D eigenvalue weighted by molar-refractivity contribution is 0.0453. The maximum absolute atomic E-state index is 12.1. The zero-order chi connectivity index (χ0) is 16.5. The van der Waals surface area contributed by atoms with Crippen molar-refractivity contribution in [3.05, 3.63) is 45.9 Å². The van der Waals surface area contributed by atoms with E-state index < -0.39 is 0 Å². The van der Waals surface area contributed by atoms with Crippen molar-refractivity contribution >= 4 is 22.9 Å². The summed E-state index contributed by atoms with van der Waals surface area (Å²) in [6, 6.07) is 7.54. The number of nitrogens with two attached hydrogens (primary N) is 1. The van der Waals surface area contributed by atoms with E-state index in [0.717, 1.165) is 10.6 Å². The fraction of sp³-hybridized carbons (Fsp3) is 0.375. The molecular formula is C16H21N3O3S. The number of nitrogens with one attached hydrogen (secondary N) is 1. The Morgan fingerprint density at radius 3 is 2.91 bits per heavy atom. The SMILES string of the molecule is CCOCCOCc1cccc(NC(=O)c2csc(CN)n2)c1. The molecule has 0 spiro atoms. The van der Waals surface area contributed by atoms with Gasteiger partial charge in [0.25, 0.3) is 5.91 Å². The van der Waals surface area contributed by atoms with Crippen LogP contribution in [0.2, 0.25) is 0 Å². The lowest BCUT2D eigenvalue weighted by atomic mass is 10.2. The van der Waals surface area contributed by atoms with Gasteiger partial charge in [-0.1, -0.05) is 12.1 Å². The first-order valence-electron chi connectivity index (χ1n) is 7.43. The van der Waals surface area contributed by atoms with Crippen molar-refractivity contribution in [1.82, 2.24) is 4.98 Å². The van der Waals surface area contributed by atoms with Crippen molar-refractivity contribution in [1.29, 1.82) is 0 Å². The van der Waals surface area contributed by atoms with Gasteiger partial charge in [-0.2, -0.15) is 0 Å². The molecule has 1 aromatic heterocycles. The Morgan fingerprint density at radius 1 is 1.35 bits per heavy atom. The van der Waals surface area contributed by atoms with E-state index in [2.05, 4.69) is 10.3 Å². The lowest BCUT2D eigenvalue weighted by Gasteiger charge is -2.07. The maximum Gasteiger partial charge on any atom is 0.275 e. The quantitative estimate of drug-likeness (QED) is 0.687. The lowest BCUT2D eigenvalue weighted by Crippen LogP contribution is -2.13. The Kier molecular flexibility index (Phi) is 7.15. The van der Waals surface area contributed by atoms with Gasteiger partial charge < -0.3 is 20.5 Å². The van der Waals surface area contributed by atoms with Crippen LogP contribution >= 0.6 is 11.3 Å². The average Bonchev–Trinajstić information content (AvgIpc) is 3.04. The number of nitrogens with zero attached hydrogens (tertiary/aromatic N) is 1. The Hall–Kier alpha value is -1.80. The molecule has 0 radical (unpaired) electrons. The van der Waals surface area contributed by atoms with Gasteiger partial charge >= 0.3 is 0 Å². The Bertz CT molecular complexity index is 631. The van der Waals surface area contributed by atoms with E-state index in [1.165, 1.54) is 11.3 Å². The predicted octanol–water partition coefficient (Wildman–Crippen LogP) is 2.41. The van der Waals surface area contributed by atoms with Gasteiger partial charge in [-0.3, -0.25) is 4.79 Å². The Labute approximate surface area is 139 Å². The van der Waals surface area contributed by atoms with Gasteiger partial charge in [0.2, 0.25) is 0 Å². The Balaban J connectivity index is 1.87. The third kappa shape index (κ3) is 5.72. The number of carbonyl (C=O) groups excluding carboxylic acids is 1. The van der Waals surface area contributed by atoms with Gasteiger partial charge in [-0.05, 0) is 24.6 Å². The molecule has 124 valence electrons. The summed E-state index contributed by atoms with van der Waals surface area (Å²) >= 11 is 1.38. The van der Waals surface area contributed by atoms with Crippen LogP contribution in [0, 0.1) is 0 Å². The Morgan fingerprint density at radius 2 is 2.17 bits per heavy atom. The van der Waals surface area contributed by atoms with E-state index in [1.54, 1.807) is 5.38 Å². The fourth-order valence-corrected chi connectivity index (χ4v) is 2.55. The molecule has 0 aliphatic rings. The normalized spacial score (nSPS) is 10.7. The monoisotopic (exact) mass is 335 g/mol. The molecule has 1 heterocycles. The van der Waals surface area contributed by atoms with Crippen molar-refractivity contribution in [2.45, 2.75) is 20.1 Å². The zero-order valence-electron chi connectivity index (χ0n) is 13.1. The summed E-state index contributed by atoms with van der Waals surface area (Å²) < 4.78 is 10.7. The summed E-state index contributed by atoms with van der Waals surface area (Å²) in [5, 5.41) is 5.28. The van der Waals surface area contributed by atoms with E-state index in [9.17, 15) is 4.79 Å². The van der Waals surface area contributed by atoms with Crippen LogP contribution in [0.1, 0.15) is 28.0 Å². The van der Waals surface area contributed by atoms with Gasteiger partial charge in [0.15, 0.2) is 0 Å². The summed E-state index contributed by atoms with van der Waals surface area (Å²) in [5.41, 5.74) is 7.59. The molecule has 0 unspecified atom stereocenters. The van der Waals surface area contributed by atoms with Gasteiger partial charge in [0.1, 0.15) is 10.7 Å². The van der Waals surface area contributed by atoms with Crippen molar-refractivity contribution in [2.24, 2.45) is 5.73 Å². The molecule has 3 N–H and O–H groups in total. The number of carbonyl (C=O) groups is 1. The summed E-state index contributed by atoms with van der Waals surface area (Å²) in [4.78, 5) is 16.3. The van der Waals surface area contributed by atoms with E-state index in [1.807, 2.05) is 31.2 Å². The van der Waals surface area contributed by atoms with Crippen LogP contribution in [-0.2, 0) is 22.6 Å². The van der Waals surface area contributed by atoms with Crippen LogP contribution in [0.3, 0.4) is 0 Å². The highest BCUT2D eigenvalue weighted by molar-refractivity contribution is 7.09. The van der Waals surface area contributed by atoms with Crippen molar-refractivity contribution in [2.75, 3.05) is 25.1 Å². The number of amides is 1. The number of anilines is 1. The molecule has 2 aromatic rings. The first-order chi connectivity index (χ1) is 11.2. The molecule has 7 heteroatoms. The molecule has 2 rings (SSSR count). The van der Waals surface area contributed by atoms with Crippen molar-refractivity contribution in [3.8, 4) is 0 Å². The van der Waals surface area contributed by atoms with E-state index in [-0.39, 0.29) is 5.91 Å². The molecule has 0 atom stereocenters. The van der Waals surface area contributed by atoms with E-state index >= 15 is 0 Å². The molecular weight excluding hydrogens is 314 g/mol. The molecule has 0 fully saturated rings. The standard InChI is InChI=1S/C16H21N3O3S/c1-2-21-6-7-22-10-12-4-3-5-13(8-12)18-16(20)14-11-23-15(9-17)19-14/h3-5,8,11H,2,6-7,9-10,17H2,1H3,(H,18,20). The third-order valence-corrected chi connectivity index (χ3v) is 3.86. The van der Waals surface area contributed by atoms with Crippen LogP contribution < -0.4 is 11.1 Å². The summed E-state index contributed by atoms with van der Waals surface area (Å²) in [5.74, 6) is -0.240. The molecule has 1 amide bonds. The van der Waals surface area contributed by atoms with Crippen LogP contribution in [0.5, 0.6) is 0 Å². The highest BCUT2D eigenvalue weighted by Gasteiger charge is 2.10. The van der Waals surface area contributed by atoms with Gasteiger partial charge in [0.05, 0.1) is 19.8 Å². The fourth-order valence-electron chi connectivity index (χ4n) is 1.90. The predicted molar refractivity (Wildman–Crippen MR) is 90.5 cm³/mol. The molecule has 23 heavy (non-hydrogen) atoms. The number of benzene rings is 1. The molecule has 0 bridgehead atoms. The second-order valence-corrected chi connectivity index (χ2v) is 5.68. The highest BCUT2D eigenvalue weighted by atomic mass is 32.1. The number of rotatable bonds is 9. The van der Waals surface area contributed by atoms with Crippen LogP contribution in [0.15, 0.2) is 29.6 Å². The van der Waals surface area contributed by atoms with Gasteiger partial charge in [-0.15, -0.1) is 11.3 Å². The smallest absolute Gasteiger partial charge is 0.275 e. The second kappa shape index (κ2) is 9.36. The first kappa shape index (κ1) is 17.6. The minimum atomic E-state index is -0.240. The average molecular weight is 335 g/mol. The number of ether oxygens (including phenoxy) is 2. The summed E-state index contributed by atoms with van der Waals surface area (Å²) in [6.07, 6.45) is 0. The number of hydrogen-bond acceptors (Lipinski definition) is 6. The number of aromatic nitrogens is 1. The third-order valence-electron chi connectivity index (χ3n) is 2.99. The molecule has 0 saturated heterocycles. The molecule has 6 nitrogen and oxygen atoms in total. The molecule has 0 aliphatic heterocycles. The molecule has 1 aromatic carbocycles. The zero-order valence-corrected chi connectivity index (χ0v) is 13.9. The minimum Gasteiger partial charge on any atom is -0.379 e. The van der Waals surface area contributed by atoms with Crippen LogP contribution in [-0.4, -0.2) is 30.7 Å². The number of thiazole rings is 1. The maximum atomic E-state index is 12.1. The van der Waals surface area contributed by atoms with Crippen LogP contribution in [0.25, 0.3) is 0 Å². The largest absolute Gasteiger partial charge is 0.379 e. The van der Waals surface area contributed by atoms with Crippen molar-refractivity contribution in [3.63, 3.8) is 0 Å². The molecule has 0 aliphatic carbocycles. The van der Waals surface area contributed by atoms with Gasteiger partial charge in [0, 0.05) is 24.2 Å². The molecule has 0 saturated carbocycles. The van der Waals surface area contributed by atoms with E-state index in [0.29, 0.717) is 44.4 Å². The second-order valence-electron chi connectivity index (χ2n) is 4.73. The number of hydrogen-bond donors (Lipinski definition) is 2. The summed E-state index contributed by atoms with van der Waals surface area (Å²) in [7, 11) is 0. The topological polar surface area (TPSA) is 86.5 Å². The van der Waals surface area contributed by atoms with E-state index in [4.69, 9.17) is 15.2 Å². The summed E-state index contributed by atoms with van der Waals surface area (Å²) in [6.45, 7) is 4.58. The minimum absolute atomic E-state index is 0.240. The van der Waals surface area contributed by atoms with Crippen molar-refractivity contribution < 1.29 is 14.3 Å².